The summed E-state index contributed by atoms with van der Waals surface area (Å²) in [6.07, 6.45) is 5.15. The molecule has 7 nitrogen and oxygen atoms in total. The van der Waals surface area contributed by atoms with E-state index in [0.29, 0.717) is 11.2 Å². The van der Waals surface area contributed by atoms with Crippen LogP contribution < -0.4 is 5.69 Å². The lowest BCUT2D eigenvalue weighted by atomic mass is 9.97. The van der Waals surface area contributed by atoms with Crippen molar-refractivity contribution >= 4 is 5.65 Å². The van der Waals surface area contributed by atoms with Crippen molar-refractivity contribution < 1.29 is 0 Å². The molecule has 0 aliphatic heterocycles. The first kappa shape index (κ1) is 19.4. The molecule has 5 aromatic rings. The molecule has 0 fully saturated rings. The smallest absolute Gasteiger partial charge is 0.265 e. The zero-order valence-electron chi connectivity index (χ0n) is 17.3. The van der Waals surface area contributed by atoms with Crippen LogP contribution in [0, 0.1) is 18.3 Å². The van der Waals surface area contributed by atoms with Crippen LogP contribution in [0.4, 0.5) is 0 Å². The topological polar surface area (TPSA) is 88.9 Å². The lowest BCUT2D eigenvalue weighted by Gasteiger charge is -2.10. The van der Waals surface area contributed by atoms with Crippen LogP contribution in [0.3, 0.4) is 0 Å². The number of pyridine rings is 1. The molecule has 0 N–H and O–H groups in total. The molecule has 0 bridgehead atoms. The maximum Gasteiger partial charge on any atom is 0.367 e. The molecule has 3 aromatic heterocycles. The molecule has 0 atom stereocenters. The van der Waals surface area contributed by atoms with Gasteiger partial charge < -0.3 is 0 Å². The average Bonchev–Trinajstić information content (AvgIpc) is 3.15. The molecule has 0 saturated carbocycles. The van der Waals surface area contributed by atoms with E-state index in [1.807, 2.05) is 55.5 Å². The zero-order chi connectivity index (χ0) is 22.1. The molecule has 7 heteroatoms. The second-order valence-electron chi connectivity index (χ2n) is 7.52. The second kappa shape index (κ2) is 7.93. The van der Waals surface area contributed by atoms with E-state index < -0.39 is 0 Å². The third-order valence-electron chi connectivity index (χ3n) is 5.36. The van der Waals surface area contributed by atoms with Gasteiger partial charge in [0.25, 0.3) is 0 Å². The largest absolute Gasteiger partial charge is 0.367 e. The van der Waals surface area contributed by atoms with Crippen LogP contribution in [0.15, 0.2) is 84.0 Å². The number of aromatic nitrogens is 5. The fraction of sp³-hybridized carbons (Fsp3) is 0.0800. The van der Waals surface area contributed by atoms with E-state index in [4.69, 9.17) is 5.26 Å². The van der Waals surface area contributed by atoms with Crippen LogP contribution in [-0.4, -0.2) is 24.4 Å². The Morgan fingerprint density at radius 2 is 1.66 bits per heavy atom. The normalized spacial score (nSPS) is 10.9. The van der Waals surface area contributed by atoms with E-state index in [0.717, 1.165) is 33.4 Å². The molecule has 2 aromatic carbocycles. The Labute approximate surface area is 183 Å². The fourth-order valence-corrected chi connectivity index (χ4v) is 3.68. The molecular formula is C25H18N6O. The third kappa shape index (κ3) is 3.44. The standard InChI is InChI=1S/C25H18N6O/c1-17-2-8-20(9-3-17)22-15-28-31-24(23(22)21-10-12-27-13-11-21)29-30(25(31)32)16-19-6-4-18(14-26)5-7-19/h2-13,15H,16H2,1H3. The van der Waals surface area contributed by atoms with Gasteiger partial charge in [-0.05, 0) is 47.9 Å². The Kier molecular flexibility index (Phi) is 4.81. The number of aryl methyl sites for hydroxylation is 1. The van der Waals surface area contributed by atoms with Gasteiger partial charge in [-0.1, -0.05) is 42.0 Å². The molecule has 0 radical (unpaired) electrons. The summed E-state index contributed by atoms with van der Waals surface area (Å²) in [5.41, 5.74) is 6.37. The number of benzene rings is 2. The Morgan fingerprint density at radius 1 is 0.938 bits per heavy atom. The van der Waals surface area contributed by atoms with Gasteiger partial charge in [0, 0.05) is 23.5 Å². The van der Waals surface area contributed by atoms with Gasteiger partial charge in [0.15, 0.2) is 5.65 Å². The number of nitrogens with zero attached hydrogens (tertiary/aromatic N) is 6. The first-order valence-electron chi connectivity index (χ1n) is 10.1. The minimum absolute atomic E-state index is 0.281. The first-order chi connectivity index (χ1) is 15.6. The lowest BCUT2D eigenvalue weighted by molar-refractivity contribution is 0.650. The molecule has 154 valence electrons. The summed E-state index contributed by atoms with van der Waals surface area (Å²) in [5.74, 6) is 0. The molecule has 3 heterocycles. The van der Waals surface area contributed by atoms with Gasteiger partial charge in [-0.25, -0.2) is 9.48 Å². The monoisotopic (exact) mass is 418 g/mol. The summed E-state index contributed by atoms with van der Waals surface area (Å²) >= 11 is 0. The van der Waals surface area contributed by atoms with Crippen LogP contribution in [-0.2, 0) is 6.54 Å². The van der Waals surface area contributed by atoms with Crippen molar-refractivity contribution in [1.29, 1.82) is 5.26 Å². The molecule has 0 amide bonds. The summed E-state index contributed by atoms with van der Waals surface area (Å²) in [5, 5.41) is 18.1. The summed E-state index contributed by atoms with van der Waals surface area (Å²) in [6, 6.07) is 21.2. The van der Waals surface area contributed by atoms with Crippen LogP contribution in [0.1, 0.15) is 16.7 Å². The Balaban J connectivity index is 1.70. The van der Waals surface area contributed by atoms with Crippen molar-refractivity contribution in [1.82, 2.24) is 24.4 Å². The second-order valence-corrected chi connectivity index (χ2v) is 7.52. The molecule has 5 rings (SSSR count). The third-order valence-corrected chi connectivity index (χ3v) is 5.36. The lowest BCUT2D eigenvalue weighted by Crippen LogP contribution is -2.23. The van der Waals surface area contributed by atoms with Crippen molar-refractivity contribution in [2.24, 2.45) is 0 Å². The van der Waals surface area contributed by atoms with Crippen molar-refractivity contribution in [3.8, 4) is 28.3 Å². The van der Waals surface area contributed by atoms with Crippen molar-refractivity contribution in [2.45, 2.75) is 13.5 Å². The Bertz CT molecular complexity index is 1510. The van der Waals surface area contributed by atoms with E-state index in [1.165, 1.54) is 9.20 Å². The molecule has 32 heavy (non-hydrogen) atoms. The SMILES string of the molecule is Cc1ccc(-c2cnn3c(=O)n(Cc4ccc(C#N)cc4)nc3c2-c2ccncc2)cc1. The highest BCUT2D eigenvalue weighted by molar-refractivity contribution is 5.90. The van der Waals surface area contributed by atoms with Gasteiger partial charge in [-0.3, -0.25) is 4.98 Å². The van der Waals surface area contributed by atoms with Gasteiger partial charge in [-0.2, -0.15) is 14.9 Å². The summed E-state index contributed by atoms with van der Waals surface area (Å²) in [7, 11) is 0. The highest BCUT2D eigenvalue weighted by Crippen LogP contribution is 2.33. The number of hydrogen-bond acceptors (Lipinski definition) is 5. The predicted molar refractivity (Wildman–Crippen MR) is 121 cm³/mol. The minimum Gasteiger partial charge on any atom is -0.265 e. The number of nitriles is 1. The van der Waals surface area contributed by atoms with Crippen LogP contribution in [0.5, 0.6) is 0 Å². The van der Waals surface area contributed by atoms with E-state index in [1.54, 1.807) is 30.7 Å². The quantitative estimate of drug-likeness (QED) is 0.442. The highest BCUT2D eigenvalue weighted by atomic mass is 16.2. The number of hydrogen-bond donors (Lipinski definition) is 0. The van der Waals surface area contributed by atoms with E-state index in [2.05, 4.69) is 21.3 Å². The fourth-order valence-electron chi connectivity index (χ4n) is 3.68. The maximum absolute atomic E-state index is 13.1. The first-order valence-corrected chi connectivity index (χ1v) is 10.1. The summed E-state index contributed by atoms with van der Waals surface area (Å²) in [4.78, 5) is 17.2. The van der Waals surface area contributed by atoms with Crippen molar-refractivity contribution in [3.05, 3.63) is 106 Å². The van der Waals surface area contributed by atoms with Gasteiger partial charge in [0.05, 0.1) is 24.4 Å². The molecule has 0 aliphatic rings. The Morgan fingerprint density at radius 3 is 2.34 bits per heavy atom. The molecule has 0 aliphatic carbocycles. The van der Waals surface area contributed by atoms with Crippen molar-refractivity contribution in [2.75, 3.05) is 0 Å². The number of rotatable bonds is 4. The van der Waals surface area contributed by atoms with Gasteiger partial charge in [-0.15, -0.1) is 5.10 Å². The van der Waals surface area contributed by atoms with E-state index >= 15 is 0 Å². The number of fused-ring (bicyclic) bond motifs is 1. The van der Waals surface area contributed by atoms with Gasteiger partial charge in [0.1, 0.15) is 0 Å². The van der Waals surface area contributed by atoms with Crippen LogP contribution in [0.2, 0.25) is 0 Å². The maximum atomic E-state index is 13.1. The zero-order valence-corrected chi connectivity index (χ0v) is 17.3. The molecule has 0 spiro atoms. The highest BCUT2D eigenvalue weighted by Gasteiger charge is 2.18. The molecule has 0 saturated heterocycles. The van der Waals surface area contributed by atoms with Crippen molar-refractivity contribution in [3.63, 3.8) is 0 Å². The minimum atomic E-state index is -0.324. The van der Waals surface area contributed by atoms with Gasteiger partial charge >= 0.3 is 5.69 Å². The summed E-state index contributed by atoms with van der Waals surface area (Å²) in [6.45, 7) is 2.32. The van der Waals surface area contributed by atoms with Crippen LogP contribution in [0.25, 0.3) is 27.9 Å². The molecular weight excluding hydrogens is 400 g/mol. The van der Waals surface area contributed by atoms with Gasteiger partial charge in [0.2, 0.25) is 0 Å². The Hall–Kier alpha value is -4.57. The summed E-state index contributed by atoms with van der Waals surface area (Å²) < 4.78 is 2.73. The van der Waals surface area contributed by atoms with E-state index in [-0.39, 0.29) is 12.2 Å². The average molecular weight is 418 g/mol. The molecule has 0 unspecified atom stereocenters. The van der Waals surface area contributed by atoms with Crippen LogP contribution >= 0.6 is 0 Å². The van der Waals surface area contributed by atoms with E-state index in [9.17, 15) is 4.79 Å². The predicted octanol–water partition coefficient (Wildman–Crippen LogP) is 3.85.